The maximum atomic E-state index is 13.8. The summed E-state index contributed by atoms with van der Waals surface area (Å²) in [6.07, 6.45) is -0.455. The number of H-pyrrole nitrogens is 1. The van der Waals surface area contributed by atoms with Gasteiger partial charge in [0.15, 0.2) is 0 Å². The van der Waals surface area contributed by atoms with E-state index in [-0.39, 0.29) is 35.5 Å². The second-order valence-electron chi connectivity index (χ2n) is 9.35. The highest BCUT2D eigenvalue weighted by atomic mass is 19.4. The van der Waals surface area contributed by atoms with Crippen molar-refractivity contribution in [3.8, 4) is 5.75 Å². The number of nitrogens with zero attached hydrogens (tertiary/aromatic N) is 3. The lowest BCUT2D eigenvalue weighted by Crippen LogP contribution is -2.33. The molecule has 1 fully saturated rings. The van der Waals surface area contributed by atoms with Crippen molar-refractivity contribution < 1.29 is 32.2 Å². The van der Waals surface area contributed by atoms with Crippen LogP contribution in [0.25, 0.3) is 0 Å². The van der Waals surface area contributed by atoms with E-state index in [1.165, 1.54) is 32.2 Å². The third-order valence-electron chi connectivity index (χ3n) is 6.53. The molecule has 4 rings (SSSR count). The number of halogens is 3. The van der Waals surface area contributed by atoms with Crippen molar-refractivity contribution in [1.29, 1.82) is 0 Å². The smallest absolute Gasteiger partial charge is 0.421 e. The fraction of sp³-hybridized carbons (Fsp3) is 0.407. The van der Waals surface area contributed by atoms with Gasteiger partial charge in [-0.25, -0.2) is 9.78 Å². The molecule has 0 spiro atoms. The molecule has 2 aromatic heterocycles. The van der Waals surface area contributed by atoms with Gasteiger partial charge in [0.05, 0.1) is 25.1 Å². The van der Waals surface area contributed by atoms with E-state index in [2.05, 4.69) is 35.8 Å². The van der Waals surface area contributed by atoms with Crippen LogP contribution in [0.4, 0.5) is 36.3 Å². The number of carbonyl (C=O) groups is 2. The number of esters is 1. The number of carbonyl (C=O) groups excluding carboxylic acids is 2. The lowest BCUT2D eigenvalue weighted by atomic mass is 10.1. The quantitative estimate of drug-likeness (QED) is 0.242. The largest absolute Gasteiger partial charge is 0.495 e. The standard InChI is InChI=1S/C27H32F3N7O4/c1-4-41-25(39)22-16(2)32-15-20(22)34-23-18(27(28,29)30)14-33-26(36-23)35-19-8-7-17(13-21(19)40-3)24(38)31-9-12-37-10-5-6-11-37/h7-8,13-15,32H,4-6,9-12H2,1-3H3,(H,31,38)(H2,33,34,35,36). The molecule has 0 saturated carbocycles. The van der Waals surface area contributed by atoms with Crippen LogP contribution < -0.4 is 20.7 Å². The molecule has 4 N–H and O–H groups in total. The van der Waals surface area contributed by atoms with Gasteiger partial charge in [-0.3, -0.25) is 4.79 Å². The van der Waals surface area contributed by atoms with Gasteiger partial charge in [-0.2, -0.15) is 18.2 Å². The van der Waals surface area contributed by atoms with Gasteiger partial charge in [0.1, 0.15) is 22.7 Å². The van der Waals surface area contributed by atoms with E-state index in [4.69, 9.17) is 9.47 Å². The molecule has 11 nitrogen and oxygen atoms in total. The molecule has 0 unspecified atom stereocenters. The number of hydrogen-bond donors (Lipinski definition) is 4. The highest BCUT2D eigenvalue weighted by Gasteiger charge is 2.36. The van der Waals surface area contributed by atoms with Crippen molar-refractivity contribution in [3.05, 3.63) is 53.0 Å². The van der Waals surface area contributed by atoms with Gasteiger partial charge >= 0.3 is 12.1 Å². The summed E-state index contributed by atoms with van der Waals surface area (Å²) in [6, 6.07) is 4.63. The number of aromatic amines is 1. The average molecular weight is 576 g/mol. The monoisotopic (exact) mass is 575 g/mol. The predicted octanol–water partition coefficient (Wildman–Crippen LogP) is 4.63. The van der Waals surface area contributed by atoms with E-state index in [0.29, 0.717) is 29.7 Å². The SMILES string of the molecule is CCOC(=O)c1c(Nc2nc(Nc3ccc(C(=O)NCCN4CCCC4)cc3OC)ncc2C(F)(F)F)c[nH]c1C. The van der Waals surface area contributed by atoms with E-state index >= 15 is 0 Å². The van der Waals surface area contributed by atoms with Crippen molar-refractivity contribution in [2.24, 2.45) is 0 Å². The minimum atomic E-state index is -4.78. The Bertz CT molecular complexity index is 1390. The maximum Gasteiger partial charge on any atom is 0.421 e. The van der Waals surface area contributed by atoms with Gasteiger partial charge in [-0.15, -0.1) is 0 Å². The first-order chi connectivity index (χ1) is 19.6. The molecule has 3 heterocycles. The summed E-state index contributed by atoms with van der Waals surface area (Å²) >= 11 is 0. The Hall–Kier alpha value is -4.33. The summed E-state index contributed by atoms with van der Waals surface area (Å²) in [5, 5.41) is 8.33. The topological polar surface area (TPSA) is 134 Å². The Kier molecular flexibility index (Phi) is 9.32. The van der Waals surface area contributed by atoms with Gasteiger partial charge in [-0.1, -0.05) is 0 Å². The zero-order valence-electron chi connectivity index (χ0n) is 22.9. The molecule has 1 aliphatic rings. The van der Waals surface area contributed by atoms with E-state index in [1.807, 2.05) is 0 Å². The van der Waals surface area contributed by atoms with Gasteiger partial charge in [0, 0.05) is 36.7 Å². The molecular formula is C27H32F3N7O4. The van der Waals surface area contributed by atoms with Crippen LogP contribution in [0.2, 0.25) is 0 Å². The van der Waals surface area contributed by atoms with E-state index in [9.17, 15) is 22.8 Å². The van der Waals surface area contributed by atoms with Gasteiger partial charge < -0.3 is 35.3 Å². The van der Waals surface area contributed by atoms with Crippen LogP contribution in [-0.4, -0.2) is 71.6 Å². The van der Waals surface area contributed by atoms with Crippen molar-refractivity contribution >= 4 is 35.0 Å². The fourth-order valence-electron chi connectivity index (χ4n) is 4.46. The Morgan fingerprint density at radius 1 is 1.15 bits per heavy atom. The van der Waals surface area contributed by atoms with Crippen LogP contribution in [0, 0.1) is 6.92 Å². The molecule has 1 saturated heterocycles. The number of aromatic nitrogens is 3. The van der Waals surface area contributed by atoms with Crippen molar-refractivity contribution in [1.82, 2.24) is 25.2 Å². The van der Waals surface area contributed by atoms with Gasteiger partial charge in [0.2, 0.25) is 5.95 Å². The summed E-state index contributed by atoms with van der Waals surface area (Å²) in [7, 11) is 1.40. The Labute approximate surface area is 234 Å². The number of benzene rings is 1. The first-order valence-electron chi connectivity index (χ1n) is 13.1. The number of nitrogens with one attached hydrogen (secondary N) is 4. The number of ether oxygens (including phenoxy) is 2. The third kappa shape index (κ3) is 7.25. The second-order valence-corrected chi connectivity index (χ2v) is 9.35. The van der Waals surface area contributed by atoms with Crippen molar-refractivity contribution in [2.75, 3.05) is 50.5 Å². The summed E-state index contributed by atoms with van der Waals surface area (Å²) in [4.78, 5) is 38.0. The molecule has 1 aliphatic heterocycles. The molecule has 1 aromatic carbocycles. The van der Waals surface area contributed by atoms with Gasteiger partial charge in [-0.05, 0) is 58.0 Å². The average Bonchev–Trinajstić information content (AvgIpc) is 3.58. The number of anilines is 4. The first kappa shape index (κ1) is 29.6. The Morgan fingerprint density at radius 2 is 1.90 bits per heavy atom. The van der Waals surface area contributed by atoms with E-state index < -0.39 is 23.5 Å². The fourth-order valence-corrected chi connectivity index (χ4v) is 4.46. The number of rotatable bonds is 11. The zero-order valence-corrected chi connectivity index (χ0v) is 22.9. The lowest BCUT2D eigenvalue weighted by Gasteiger charge is -2.17. The van der Waals surface area contributed by atoms with Crippen LogP contribution in [0.1, 0.15) is 51.7 Å². The molecule has 0 aliphatic carbocycles. The number of likely N-dealkylation sites (tertiary alicyclic amines) is 1. The zero-order chi connectivity index (χ0) is 29.6. The van der Waals surface area contributed by atoms with Crippen LogP contribution in [0.3, 0.4) is 0 Å². The van der Waals surface area contributed by atoms with Crippen LogP contribution >= 0.6 is 0 Å². The number of amides is 1. The molecule has 3 aromatic rings. The molecule has 0 radical (unpaired) electrons. The molecular weight excluding hydrogens is 543 g/mol. The molecule has 0 bridgehead atoms. The summed E-state index contributed by atoms with van der Waals surface area (Å²) in [5.41, 5.74) is 0.0923. The summed E-state index contributed by atoms with van der Waals surface area (Å²) < 4.78 is 51.9. The molecule has 0 atom stereocenters. The molecule has 220 valence electrons. The number of alkyl halides is 3. The minimum absolute atomic E-state index is 0.0593. The number of hydrogen-bond acceptors (Lipinski definition) is 9. The van der Waals surface area contributed by atoms with E-state index in [1.54, 1.807) is 26.0 Å². The molecule has 1 amide bonds. The highest BCUT2D eigenvalue weighted by Crippen LogP contribution is 2.37. The minimum Gasteiger partial charge on any atom is -0.495 e. The second kappa shape index (κ2) is 12.9. The summed E-state index contributed by atoms with van der Waals surface area (Å²) in [6.45, 7) is 6.66. The van der Waals surface area contributed by atoms with Gasteiger partial charge in [0.25, 0.3) is 5.91 Å². The molecule has 41 heavy (non-hydrogen) atoms. The first-order valence-corrected chi connectivity index (χ1v) is 13.1. The number of methoxy groups -OCH3 is 1. The predicted molar refractivity (Wildman–Crippen MR) is 146 cm³/mol. The van der Waals surface area contributed by atoms with Crippen LogP contribution in [0.5, 0.6) is 5.75 Å². The Morgan fingerprint density at radius 3 is 2.59 bits per heavy atom. The Balaban J connectivity index is 1.54. The van der Waals surface area contributed by atoms with Crippen LogP contribution in [0.15, 0.2) is 30.6 Å². The van der Waals surface area contributed by atoms with Crippen molar-refractivity contribution in [2.45, 2.75) is 32.9 Å². The van der Waals surface area contributed by atoms with E-state index in [0.717, 1.165) is 19.6 Å². The molecule has 14 heteroatoms. The normalized spacial score (nSPS) is 13.6. The maximum absolute atomic E-state index is 13.8. The van der Waals surface area contributed by atoms with Crippen molar-refractivity contribution in [3.63, 3.8) is 0 Å². The summed E-state index contributed by atoms with van der Waals surface area (Å²) in [5.74, 6) is -1.45. The number of aryl methyl sites for hydroxylation is 1. The van der Waals surface area contributed by atoms with Crippen LogP contribution in [-0.2, 0) is 10.9 Å². The lowest BCUT2D eigenvalue weighted by molar-refractivity contribution is -0.137. The third-order valence-corrected chi connectivity index (χ3v) is 6.53. The highest BCUT2D eigenvalue weighted by molar-refractivity contribution is 5.98.